The van der Waals surface area contributed by atoms with Gasteiger partial charge in [0.2, 0.25) is 11.7 Å². The second kappa shape index (κ2) is 7.32. The highest BCUT2D eigenvalue weighted by atomic mass is 16.4. The first-order valence-electron chi connectivity index (χ1n) is 6.28. The summed E-state index contributed by atoms with van der Waals surface area (Å²) in [5, 5.41) is 13.9. The number of hydrogen-bond donors (Lipinski definition) is 3. The van der Waals surface area contributed by atoms with Gasteiger partial charge in [-0.3, -0.25) is 9.59 Å². The van der Waals surface area contributed by atoms with E-state index in [1.54, 1.807) is 0 Å². The summed E-state index contributed by atoms with van der Waals surface area (Å²) in [4.78, 5) is 33.6. The van der Waals surface area contributed by atoms with Gasteiger partial charge in [0.1, 0.15) is 0 Å². The lowest BCUT2D eigenvalue weighted by Crippen LogP contribution is -2.32. The van der Waals surface area contributed by atoms with Crippen molar-refractivity contribution >= 4 is 17.8 Å². The number of rotatable bonds is 7. The van der Waals surface area contributed by atoms with Crippen LogP contribution in [-0.4, -0.2) is 36.0 Å². The van der Waals surface area contributed by atoms with Crippen molar-refractivity contribution in [1.82, 2.24) is 10.6 Å². The molecule has 0 saturated heterocycles. The highest BCUT2D eigenvalue weighted by molar-refractivity contribution is 5.93. The van der Waals surface area contributed by atoms with Crippen molar-refractivity contribution in [2.45, 2.75) is 20.3 Å². The Kier molecular flexibility index (Phi) is 5.76. The number of carboxylic acids is 1. The van der Waals surface area contributed by atoms with Gasteiger partial charge in [0, 0.05) is 19.5 Å². The Morgan fingerprint density at radius 2 is 1.85 bits per heavy atom. The summed E-state index contributed by atoms with van der Waals surface area (Å²) >= 11 is 0. The lowest BCUT2D eigenvalue weighted by atomic mass is 10.2. The minimum absolute atomic E-state index is 0.0926. The number of carboxylic acid groups (broad SMARTS) is 1. The normalized spacial score (nSPS) is 10.3. The van der Waals surface area contributed by atoms with E-state index >= 15 is 0 Å². The number of carbonyl (C=O) groups excluding carboxylic acids is 2. The molecule has 0 aliphatic carbocycles. The second-order valence-electron chi connectivity index (χ2n) is 4.67. The Morgan fingerprint density at radius 3 is 2.40 bits per heavy atom. The summed E-state index contributed by atoms with van der Waals surface area (Å²) in [7, 11) is 0. The molecule has 0 aliphatic heterocycles. The average molecular weight is 282 g/mol. The van der Waals surface area contributed by atoms with E-state index in [1.165, 1.54) is 12.1 Å². The van der Waals surface area contributed by atoms with E-state index < -0.39 is 11.9 Å². The second-order valence-corrected chi connectivity index (χ2v) is 4.67. The molecule has 3 N–H and O–H groups in total. The molecule has 20 heavy (non-hydrogen) atoms. The van der Waals surface area contributed by atoms with Crippen LogP contribution in [0, 0.1) is 5.92 Å². The van der Waals surface area contributed by atoms with Gasteiger partial charge in [0.15, 0.2) is 5.76 Å². The van der Waals surface area contributed by atoms with Crippen LogP contribution in [0.3, 0.4) is 0 Å². The third-order valence-corrected chi connectivity index (χ3v) is 2.39. The Hall–Kier alpha value is -2.31. The van der Waals surface area contributed by atoms with E-state index in [-0.39, 0.29) is 30.4 Å². The molecule has 0 bridgehead atoms. The summed E-state index contributed by atoms with van der Waals surface area (Å²) in [6, 6.07) is 2.48. The standard InChI is InChI=1S/C13H18N2O5/c1-8(2)7-15-11(16)5-6-14-12(17)9-3-4-10(20-9)13(18)19/h3-4,8H,5-7H2,1-2H3,(H,14,17)(H,15,16)(H,18,19). The predicted octanol–water partition coefficient (Wildman–Crippen LogP) is 0.870. The Balaban J connectivity index is 2.32. The summed E-state index contributed by atoms with van der Waals surface area (Å²) in [5.74, 6) is -1.96. The molecule has 0 saturated carbocycles. The monoisotopic (exact) mass is 282 g/mol. The van der Waals surface area contributed by atoms with Crippen molar-refractivity contribution in [2.75, 3.05) is 13.1 Å². The minimum atomic E-state index is -1.24. The first-order chi connectivity index (χ1) is 9.40. The molecule has 110 valence electrons. The summed E-state index contributed by atoms with van der Waals surface area (Å²) in [6.45, 7) is 4.72. The maximum Gasteiger partial charge on any atom is 0.371 e. The van der Waals surface area contributed by atoms with Crippen molar-refractivity contribution < 1.29 is 23.9 Å². The quantitative estimate of drug-likeness (QED) is 0.687. The Morgan fingerprint density at radius 1 is 1.20 bits per heavy atom. The fraction of sp³-hybridized carbons (Fsp3) is 0.462. The molecule has 0 aliphatic rings. The average Bonchev–Trinajstić information content (AvgIpc) is 2.86. The first-order valence-corrected chi connectivity index (χ1v) is 6.28. The molecule has 7 heteroatoms. The van der Waals surface area contributed by atoms with Crippen LogP contribution in [0.1, 0.15) is 41.4 Å². The van der Waals surface area contributed by atoms with Gasteiger partial charge in [-0.15, -0.1) is 0 Å². The number of nitrogens with one attached hydrogen (secondary N) is 2. The zero-order valence-electron chi connectivity index (χ0n) is 11.4. The van der Waals surface area contributed by atoms with Crippen LogP contribution in [0.2, 0.25) is 0 Å². The molecule has 2 amide bonds. The molecule has 0 aromatic carbocycles. The minimum Gasteiger partial charge on any atom is -0.475 e. The SMILES string of the molecule is CC(C)CNC(=O)CCNC(=O)c1ccc(C(=O)O)o1. The topological polar surface area (TPSA) is 109 Å². The lowest BCUT2D eigenvalue weighted by molar-refractivity contribution is -0.121. The van der Waals surface area contributed by atoms with Gasteiger partial charge in [-0.2, -0.15) is 0 Å². The molecule has 1 aromatic heterocycles. The number of carbonyl (C=O) groups is 3. The molecule has 0 fully saturated rings. The van der Waals surface area contributed by atoms with Crippen molar-refractivity contribution in [2.24, 2.45) is 5.92 Å². The van der Waals surface area contributed by atoms with Crippen LogP contribution in [-0.2, 0) is 4.79 Å². The lowest BCUT2D eigenvalue weighted by Gasteiger charge is -2.07. The number of amides is 2. The van der Waals surface area contributed by atoms with Gasteiger partial charge in [-0.25, -0.2) is 4.79 Å². The molecule has 7 nitrogen and oxygen atoms in total. The number of hydrogen-bond acceptors (Lipinski definition) is 4. The molecule has 1 aromatic rings. The van der Waals surface area contributed by atoms with E-state index in [2.05, 4.69) is 10.6 Å². The summed E-state index contributed by atoms with van der Waals surface area (Å²) in [5.41, 5.74) is 0. The zero-order chi connectivity index (χ0) is 15.1. The van der Waals surface area contributed by atoms with E-state index in [1.807, 2.05) is 13.8 Å². The Labute approximate surface area is 116 Å². The molecule has 1 rings (SSSR count). The molecular weight excluding hydrogens is 264 g/mol. The smallest absolute Gasteiger partial charge is 0.371 e. The molecular formula is C13H18N2O5. The molecule has 1 heterocycles. The van der Waals surface area contributed by atoms with Gasteiger partial charge in [-0.05, 0) is 18.1 Å². The predicted molar refractivity (Wildman–Crippen MR) is 70.5 cm³/mol. The van der Waals surface area contributed by atoms with Crippen LogP contribution < -0.4 is 10.6 Å². The van der Waals surface area contributed by atoms with Crippen LogP contribution in [0.5, 0.6) is 0 Å². The molecule has 0 radical (unpaired) electrons. The highest BCUT2D eigenvalue weighted by Gasteiger charge is 2.14. The van der Waals surface area contributed by atoms with Crippen LogP contribution in [0.15, 0.2) is 16.5 Å². The largest absolute Gasteiger partial charge is 0.475 e. The highest BCUT2D eigenvalue weighted by Crippen LogP contribution is 2.07. The van der Waals surface area contributed by atoms with Crippen LogP contribution in [0.4, 0.5) is 0 Å². The van der Waals surface area contributed by atoms with Crippen molar-refractivity contribution in [3.05, 3.63) is 23.7 Å². The summed E-state index contributed by atoms with van der Waals surface area (Å²) < 4.78 is 4.83. The Bertz CT molecular complexity index is 493. The first kappa shape index (κ1) is 15.7. The zero-order valence-corrected chi connectivity index (χ0v) is 11.4. The van der Waals surface area contributed by atoms with Gasteiger partial charge in [-0.1, -0.05) is 13.8 Å². The number of furan rings is 1. The summed E-state index contributed by atoms with van der Waals surface area (Å²) in [6.07, 6.45) is 0.158. The van der Waals surface area contributed by atoms with Crippen molar-refractivity contribution in [3.63, 3.8) is 0 Å². The van der Waals surface area contributed by atoms with Gasteiger partial charge in [0.25, 0.3) is 5.91 Å². The van der Waals surface area contributed by atoms with E-state index in [0.29, 0.717) is 12.5 Å². The third kappa shape index (κ3) is 5.13. The molecule has 0 unspecified atom stereocenters. The van der Waals surface area contributed by atoms with Gasteiger partial charge >= 0.3 is 5.97 Å². The maximum absolute atomic E-state index is 11.6. The maximum atomic E-state index is 11.6. The molecule has 0 atom stereocenters. The fourth-order valence-corrected chi connectivity index (χ4v) is 1.36. The van der Waals surface area contributed by atoms with E-state index in [0.717, 1.165) is 0 Å². The third-order valence-electron chi connectivity index (χ3n) is 2.39. The fourth-order valence-electron chi connectivity index (χ4n) is 1.36. The van der Waals surface area contributed by atoms with Crippen molar-refractivity contribution in [1.29, 1.82) is 0 Å². The van der Waals surface area contributed by atoms with Gasteiger partial charge < -0.3 is 20.2 Å². The van der Waals surface area contributed by atoms with Crippen molar-refractivity contribution in [3.8, 4) is 0 Å². The van der Waals surface area contributed by atoms with E-state index in [4.69, 9.17) is 9.52 Å². The van der Waals surface area contributed by atoms with Gasteiger partial charge in [0.05, 0.1) is 0 Å². The van der Waals surface area contributed by atoms with E-state index in [9.17, 15) is 14.4 Å². The number of aromatic carboxylic acids is 1. The van der Waals surface area contributed by atoms with Crippen LogP contribution in [0.25, 0.3) is 0 Å². The molecule has 0 spiro atoms. The van der Waals surface area contributed by atoms with Crippen LogP contribution >= 0.6 is 0 Å².